The van der Waals surface area contributed by atoms with E-state index in [1.54, 1.807) is 17.0 Å². The van der Waals surface area contributed by atoms with Crippen LogP contribution in [0.4, 0.5) is 5.69 Å². The molecule has 0 radical (unpaired) electrons. The third-order valence-corrected chi connectivity index (χ3v) is 8.42. The summed E-state index contributed by atoms with van der Waals surface area (Å²) in [7, 11) is -3.73. The summed E-state index contributed by atoms with van der Waals surface area (Å²) in [6, 6.07) is 14.6. The topological polar surface area (TPSA) is 86.8 Å². The summed E-state index contributed by atoms with van der Waals surface area (Å²) in [5.41, 5.74) is 3.48. The van der Waals surface area contributed by atoms with Crippen molar-refractivity contribution in [3.63, 3.8) is 0 Å². The first kappa shape index (κ1) is 28.7. The number of hydrogen-bond acceptors (Lipinski definition) is 4. The molecule has 2 amide bonds. The van der Waals surface area contributed by atoms with E-state index in [1.807, 2.05) is 57.2 Å². The van der Waals surface area contributed by atoms with Crippen molar-refractivity contribution >= 4 is 27.5 Å². The Morgan fingerprint density at radius 2 is 1.68 bits per heavy atom. The zero-order valence-corrected chi connectivity index (χ0v) is 23.4. The molecular weight excluding hydrogens is 486 g/mol. The Morgan fingerprint density at radius 1 is 1.00 bits per heavy atom. The van der Waals surface area contributed by atoms with Gasteiger partial charge in [0.2, 0.25) is 21.8 Å². The monoisotopic (exact) mass is 527 g/mol. The highest BCUT2D eigenvalue weighted by atomic mass is 32.2. The Hall–Kier alpha value is -2.87. The standard InChI is InChI=1S/C29H41N3O4S/c1-5-27(29(34)30-25-14-10-7-11-15-25)31(19-18-24-12-8-6-9-13-24)28(33)21-32(37(4,35)36)26-17-16-22(2)23(3)20-26/h6,8-9,12-13,16-17,20,25,27H,5,7,10-11,14-15,18-19,21H2,1-4H3,(H,30,34). The molecule has 1 atom stereocenters. The minimum atomic E-state index is -3.73. The van der Waals surface area contributed by atoms with Gasteiger partial charge in [-0.15, -0.1) is 0 Å². The summed E-state index contributed by atoms with van der Waals surface area (Å²) in [6.07, 6.45) is 7.41. The van der Waals surface area contributed by atoms with Gasteiger partial charge in [-0.2, -0.15) is 0 Å². The second-order valence-electron chi connectivity index (χ2n) is 10.1. The van der Waals surface area contributed by atoms with Gasteiger partial charge < -0.3 is 10.2 Å². The molecule has 202 valence electrons. The molecule has 2 aromatic carbocycles. The largest absolute Gasteiger partial charge is 0.352 e. The van der Waals surface area contributed by atoms with Gasteiger partial charge in [0.25, 0.3) is 0 Å². The van der Waals surface area contributed by atoms with Crippen LogP contribution in [-0.4, -0.2) is 56.6 Å². The van der Waals surface area contributed by atoms with Gasteiger partial charge in [-0.3, -0.25) is 13.9 Å². The second kappa shape index (κ2) is 13.1. The maximum Gasteiger partial charge on any atom is 0.244 e. The summed E-state index contributed by atoms with van der Waals surface area (Å²) in [4.78, 5) is 28.8. The predicted molar refractivity (Wildman–Crippen MR) is 149 cm³/mol. The van der Waals surface area contributed by atoms with Gasteiger partial charge in [0, 0.05) is 12.6 Å². The molecule has 0 saturated heterocycles. The fourth-order valence-electron chi connectivity index (χ4n) is 4.93. The quantitative estimate of drug-likeness (QED) is 0.470. The highest BCUT2D eigenvalue weighted by molar-refractivity contribution is 7.92. The number of nitrogens with one attached hydrogen (secondary N) is 1. The lowest BCUT2D eigenvalue weighted by molar-refractivity contribution is -0.140. The van der Waals surface area contributed by atoms with Crippen LogP contribution in [0.1, 0.15) is 62.1 Å². The molecule has 1 unspecified atom stereocenters. The van der Waals surface area contributed by atoms with Gasteiger partial charge in [0.1, 0.15) is 12.6 Å². The van der Waals surface area contributed by atoms with E-state index in [0.717, 1.165) is 52.9 Å². The fourth-order valence-corrected chi connectivity index (χ4v) is 5.78. The summed E-state index contributed by atoms with van der Waals surface area (Å²) in [5, 5.41) is 3.17. The number of amides is 2. The highest BCUT2D eigenvalue weighted by Crippen LogP contribution is 2.23. The van der Waals surface area contributed by atoms with Crippen molar-refractivity contribution < 1.29 is 18.0 Å². The van der Waals surface area contributed by atoms with Gasteiger partial charge >= 0.3 is 0 Å². The van der Waals surface area contributed by atoms with E-state index in [1.165, 1.54) is 6.42 Å². The number of hydrogen-bond donors (Lipinski definition) is 1. The van der Waals surface area contributed by atoms with E-state index in [-0.39, 0.29) is 24.4 Å². The molecule has 3 rings (SSSR count). The van der Waals surface area contributed by atoms with Crippen molar-refractivity contribution in [3.8, 4) is 0 Å². The molecule has 2 aromatic rings. The molecule has 1 fully saturated rings. The van der Waals surface area contributed by atoms with E-state index >= 15 is 0 Å². The van der Waals surface area contributed by atoms with Gasteiger partial charge in [-0.05, 0) is 68.4 Å². The third kappa shape index (κ3) is 8.06. The van der Waals surface area contributed by atoms with E-state index in [4.69, 9.17) is 0 Å². The molecule has 8 heteroatoms. The van der Waals surface area contributed by atoms with Crippen molar-refractivity contribution in [2.75, 3.05) is 23.7 Å². The maximum atomic E-state index is 13.8. The van der Waals surface area contributed by atoms with E-state index in [9.17, 15) is 18.0 Å². The van der Waals surface area contributed by atoms with Crippen LogP contribution in [0.3, 0.4) is 0 Å². The van der Waals surface area contributed by atoms with E-state index in [0.29, 0.717) is 25.1 Å². The van der Waals surface area contributed by atoms with Crippen LogP contribution in [0.5, 0.6) is 0 Å². The lowest BCUT2D eigenvalue weighted by Gasteiger charge is -2.34. The van der Waals surface area contributed by atoms with Crippen molar-refractivity contribution in [2.45, 2.75) is 77.8 Å². The van der Waals surface area contributed by atoms with Crippen molar-refractivity contribution in [2.24, 2.45) is 0 Å². The number of carbonyl (C=O) groups excluding carboxylic acids is 2. The second-order valence-corrected chi connectivity index (χ2v) is 12.0. The number of nitrogens with zero attached hydrogens (tertiary/aromatic N) is 2. The first-order chi connectivity index (χ1) is 17.6. The average Bonchev–Trinajstić information content (AvgIpc) is 2.87. The predicted octanol–water partition coefficient (Wildman–Crippen LogP) is 4.37. The van der Waals surface area contributed by atoms with Gasteiger partial charge in [0.05, 0.1) is 11.9 Å². The molecule has 7 nitrogen and oxygen atoms in total. The molecule has 1 N–H and O–H groups in total. The molecule has 0 bridgehead atoms. The lowest BCUT2D eigenvalue weighted by atomic mass is 9.95. The molecule has 0 heterocycles. The van der Waals surface area contributed by atoms with Crippen LogP contribution in [0.25, 0.3) is 0 Å². The smallest absolute Gasteiger partial charge is 0.244 e. The van der Waals surface area contributed by atoms with Gasteiger partial charge in [0.15, 0.2) is 0 Å². The Kier molecular flexibility index (Phi) is 10.1. The van der Waals surface area contributed by atoms with Crippen LogP contribution in [0.15, 0.2) is 48.5 Å². The normalized spacial score (nSPS) is 15.1. The van der Waals surface area contributed by atoms with Gasteiger partial charge in [-0.1, -0.05) is 62.6 Å². The lowest BCUT2D eigenvalue weighted by Crippen LogP contribution is -2.54. The first-order valence-corrected chi connectivity index (χ1v) is 15.1. The highest BCUT2D eigenvalue weighted by Gasteiger charge is 2.32. The summed E-state index contributed by atoms with van der Waals surface area (Å²) >= 11 is 0. The average molecular weight is 528 g/mol. The van der Waals surface area contributed by atoms with Crippen LogP contribution in [0, 0.1) is 13.8 Å². The summed E-state index contributed by atoms with van der Waals surface area (Å²) < 4.78 is 26.7. The minimum absolute atomic E-state index is 0.129. The molecular formula is C29H41N3O4S. The zero-order chi connectivity index (χ0) is 27.0. The van der Waals surface area contributed by atoms with E-state index < -0.39 is 16.1 Å². The summed E-state index contributed by atoms with van der Waals surface area (Å²) in [5.74, 6) is -0.543. The van der Waals surface area contributed by atoms with Crippen LogP contribution in [0.2, 0.25) is 0 Å². The molecule has 37 heavy (non-hydrogen) atoms. The number of aryl methyl sites for hydroxylation is 2. The number of benzene rings is 2. The number of sulfonamides is 1. The Bertz CT molecular complexity index is 1160. The van der Waals surface area contributed by atoms with Crippen LogP contribution < -0.4 is 9.62 Å². The first-order valence-electron chi connectivity index (χ1n) is 13.3. The van der Waals surface area contributed by atoms with Crippen LogP contribution in [-0.2, 0) is 26.0 Å². The molecule has 0 aromatic heterocycles. The molecule has 0 aliphatic heterocycles. The van der Waals surface area contributed by atoms with Crippen LogP contribution >= 0.6 is 0 Å². The third-order valence-electron chi connectivity index (χ3n) is 7.28. The Morgan fingerprint density at radius 3 is 2.27 bits per heavy atom. The molecule has 0 spiro atoms. The number of carbonyl (C=O) groups is 2. The number of rotatable bonds is 11. The molecule has 1 saturated carbocycles. The SMILES string of the molecule is CCC(C(=O)NC1CCCCC1)N(CCc1ccccc1)C(=O)CN(c1ccc(C)c(C)c1)S(C)(=O)=O. The van der Waals surface area contributed by atoms with Crippen molar-refractivity contribution in [1.82, 2.24) is 10.2 Å². The van der Waals surface area contributed by atoms with Crippen molar-refractivity contribution in [3.05, 3.63) is 65.2 Å². The molecule has 1 aliphatic rings. The fraction of sp³-hybridized carbons (Fsp3) is 0.517. The Balaban J connectivity index is 1.87. The van der Waals surface area contributed by atoms with Crippen molar-refractivity contribution in [1.29, 1.82) is 0 Å². The Labute approximate surface area is 222 Å². The maximum absolute atomic E-state index is 13.8. The summed E-state index contributed by atoms with van der Waals surface area (Å²) in [6.45, 7) is 5.73. The molecule has 1 aliphatic carbocycles. The van der Waals surface area contributed by atoms with Gasteiger partial charge in [-0.25, -0.2) is 8.42 Å². The van der Waals surface area contributed by atoms with E-state index in [2.05, 4.69) is 5.32 Å². The number of anilines is 1. The zero-order valence-electron chi connectivity index (χ0n) is 22.6. The minimum Gasteiger partial charge on any atom is -0.352 e.